The molecule has 0 aromatic heterocycles. The van der Waals surface area contributed by atoms with Crippen molar-refractivity contribution in [3.63, 3.8) is 0 Å². The van der Waals surface area contributed by atoms with Crippen LogP contribution in [0.5, 0.6) is 0 Å². The lowest BCUT2D eigenvalue weighted by Crippen LogP contribution is -2.47. The number of nitrogens with one attached hydrogen (secondary N) is 2. The standard InChI is InChI=1S/C20H30N4O3/c1-4-21-20(27)16-6-5-11-24(12-16)14-19(26)23(3)13-18(25)22-17-9-7-15(2)8-10-17/h7-10,16H,4-6,11-14H2,1-3H3,(H,21,27)(H,22,25). The van der Waals surface area contributed by atoms with Gasteiger partial charge in [0.05, 0.1) is 19.0 Å². The smallest absolute Gasteiger partial charge is 0.243 e. The normalized spacial score (nSPS) is 17.2. The molecule has 1 aliphatic rings. The van der Waals surface area contributed by atoms with E-state index in [-0.39, 0.29) is 36.7 Å². The third kappa shape index (κ3) is 6.67. The second kappa shape index (κ2) is 10.1. The molecule has 0 spiro atoms. The van der Waals surface area contributed by atoms with E-state index in [1.54, 1.807) is 7.05 Å². The fourth-order valence-corrected chi connectivity index (χ4v) is 3.18. The van der Waals surface area contributed by atoms with Gasteiger partial charge in [0.2, 0.25) is 17.7 Å². The van der Waals surface area contributed by atoms with Crippen molar-refractivity contribution >= 4 is 23.4 Å². The minimum atomic E-state index is -0.228. The molecule has 1 unspecified atom stereocenters. The third-order valence-corrected chi connectivity index (χ3v) is 4.73. The Morgan fingerprint density at radius 2 is 1.93 bits per heavy atom. The molecule has 2 N–H and O–H groups in total. The molecule has 0 radical (unpaired) electrons. The molecule has 1 aromatic rings. The van der Waals surface area contributed by atoms with Gasteiger partial charge in [-0.1, -0.05) is 17.7 Å². The van der Waals surface area contributed by atoms with Crippen molar-refractivity contribution in [3.8, 4) is 0 Å². The summed E-state index contributed by atoms with van der Waals surface area (Å²) in [5.74, 6) is -0.360. The molecule has 0 saturated carbocycles. The molecule has 1 saturated heterocycles. The minimum absolute atomic E-state index is 0.000297. The van der Waals surface area contributed by atoms with Crippen molar-refractivity contribution in [3.05, 3.63) is 29.8 Å². The first kappa shape index (κ1) is 20.9. The molecular weight excluding hydrogens is 344 g/mol. The van der Waals surface area contributed by atoms with E-state index < -0.39 is 0 Å². The number of likely N-dealkylation sites (N-methyl/N-ethyl adjacent to an activating group) is 1. The van der Waals surface area contributed by atoms with E-state index in [0.717, 1.165) is 24.9 Å². The van der Waals surface area contributed by atoms with E-state index in [1.165, 1.54) is 4.90 Å². The highest BCUT2D eigenvalue weighted by Gasteiger charge is 2.27. The highest BCUT2D eigenvalue weighted by molar-refractivity contribution is 5.94. The number of piperidine rings is 1. The number of likely N-dealkylation sites (tertiary alicyclic amines) is 1. The number of carbonyl (C=O) groups excluding carboxylic acids is 3. The van der Waals surface area contributed by atoms with Gasteiger partial charge >= 0.3 is 0 Å². The van der Waals surface area contributed by atoms with E-state index in [0.29, 0.717) is 18.8 Å². The molecule has 7 nitrogen and oxygen atoms in total. The van der Waals surface area contributed by atoms with E-state index in [2.05, 4.69) is 10.6 Å². The van der Waals surface area contributed by atoms with Crippen LogP contribution >= 0.6 is 0 Å². The van der Waals surface area contributed by atoms with Crippen LogP contribution in [0.15, 0.2) is 24.3 Å². The van der Waals surface area contributed by atoms with Crippen molar-refractivity contribution in [1.82, 2.24) is 15.1 Å². The zero-order chi connectivity index (χ0) is 19.8. The predicted molar refractivity (Wildman–Crippen MR) is 105 cm³/mol. The molecule has 1 fully saturated rings. The van der Waals surface area contributed by atoms with Crippen molar-refractivity contribution in [1.29, 1.82) is 0 Å². The zero-order valence-electron chi connectivity index (χ0n) is 16.5. The third-order valence-electron chi connectivity index (χ3n) is 4.73. The number of hydrogen-bond donors (Lipinski definition) is 2. The average molecular weight is 374 g/mol. The molecule has 1 aromatic carbocycles. The Labute approximate surface area is 161 Å². The molecule has 1 aliphatic heterocycles. The molecule has 1 atom stereocenters. The van der Waals surface area contributed by atoms with E-state index in [4.69, 9.17) is 0 Å². The fraction of sp³-hybridized carbons (Fsp3) is 0.550. The summed E-state index contributed by atoms with van der Waals surface area (Å²) in [7, 11) is 1.63. The SMILES string of the molecule is CCNC(=O)C1CCCN(CC(=O)N(C)CC(=O)Nc2ccc(C)cc2)C1. The maximum absolute atomic E-state index is 12.4. The van der Waals surface area contributed by atoms with Gasteiger partial charge in [-0.05, 0) is 45.4 Å². The first-order chi connectivity index (χ1) is 12.9. The van der Waals surface area contributed by atoms with Gasteiger partial charge in [-0.25, -0.2) is 0 Å². The Morgan fingerprint density at radius 1 is 1.22 bits per heavy atom. The summed E-state index contributed by atoms with van der Waals surface area (Å²) in [6.07, 6.45) is 1.75. The van der Waals surface area contributed by atoms with Gasteiger partial charge in [0.15, 0.2) is 0 Å². The monoisotopic (exact) mass is 374 g/mol. The van der Waals surface area contributed by atoms with Gasteiger partial charge in [-0.3, -0.25) is 19.3 Å². The quantitative estimate of drug-likeness (QED) is 0.752. The van der Waals surface area contributed by atoms with Crippen LogP contribution in [0.2, 0.25) is 0 Å². The molecule has 3 amide bonds. The van der Waals surface area contributed by atoms with Crippen LogP contribution in [-0.4, -0.2) is 67.3 Å². The molecule has 0 bridgehead atoms. The summed E-state index contributed by atoms with van der Waals surface area (Å²) < 4.78 is 0. The largest absolute Gasteiger partial charge is 0.356 e. The summed E-state index contributed by atoms with van der Waals surface area (Å²) in [5.41, 5.74) is 1.83. The number of amides is 3. The highest BCUT2D eigenvalue weighted by Crippen LogP contribution is 2.16. The van der Waals surface area contributed by atoms with Crippen LogP contribution < -0.4 is 10.6 Å². The van der Waals surface area contributed by atoms with Gasteiger partial charge in [0.25, 0.3) is 0 Å². The second-order valence-electron chi connectivity index (χ2n) is 7.13. The van der Waals surface area contributed by atoms with Gasteiger partial charge in [0, 0.05) is 25.8 Å². The maximum Gasteiger partial charge on any atom is 0.243 e. The number of carbonyl (C=O) groups is 3. The first-order valence-corrected chi connectivity index (χ1v) is 9.49. The topological polar surface area (TPSA) is 81.8 Å². The zero-order valence-corrected chi connectivity index (χ0v) is 16.5. The number of nitrogens with zero attached hydrogens (tertiary/aromatic N) is 2. The highest BCUT2D eigenvalue weighted by atomic mass is 16.2. The summed E-state index contributed by atoms with van der Waals surface area (Å²) >= 11 is 0. The summed E-state index contributed by atoms with van der Waals surface area (Å²) in [5, 5.41) is 5.65. The number of rotatable bonds is 7. The van der Waals surface area contributed by atoms with Crippen molar-refractivity contribution < 1.29 is 14.4 Å². The van der Waals surface area contributed by atoms with E-state index >= 15 is 0 Å². The molecule has 27 heavy (non-hydrogen) atoms. The summed E-state index contributed by atoms with van der Waals surface area (Å²) in [6.45, 7) is 6.11. The molecule has 2 rings (SSSR count). The van der Waals surface area contributed by atoms with Crippen LogP contribution in [0.25, 0.3) is 0 Å². The fourth-order valence-electron chi connectivity index (χ4n) is 3.18. The Kier molecular flexibility index (Phi) is 7.79. The van der Waals surface area contributed by atoms with Crippen LogP contribution in [0, 0.1) is 12.8 Å². The molecule has 148 valence electrons. The van der Waals surface area contributed by atoms with Crippen LogP contribution in [-0.2, 0) is 14.4 Å². The minimum Gasteiger partial charge on any atom is -0.356 e. The number of aryl methyl sites for hydroxylation is 1. The lowest BCUT2D eigenvalue weighted by atomic mass is 9.97. The van der Waals surface area contributed by atoms with Gasteiger partial charge in [-0.15, -0.1) is 0 Å². The van der Waals surface area contributed by atoms with Crippen LogP contribution in [0.4, 0.5) is 5.69 Å². The van der Waals surface area contributed by atoms with Crippen LogP contribution in [0.1, 0.15) is 25.3 Å². The summed E-state index contributed by atoms with van der Waals surface area (Å²) in [6, 6.07) is 7.52. The summed E-state index contributed by atoms with van der Waals surface area (Å²) in [4.78, 5) is 40.0. The molecule has 0 aliphatic carbocycles. The number of benzene rings is 1. The van der Waals surface area contributed by atoms with Gasteiger partial charge in [0.1, 0.15) is 0 Å². The number of hydrogen-bond acceptors (Lipinski definition) is 4. The molecule has 1 heterocycles. The van der Waals surface area contributed by atoms with Gasteiger partial charge in [-0.2, -0.15) is 0 Å². The second-order valence-corrected chi connectivity index (χ2v) is 7.13. The van der Waals surface area contributed by atoms with Crippen molar-refractivity contribution in [2.24, 2.45) is 5.92 Å². The lowest BCUT2D eigenvalue weighted by molar-refractivity contribution is -0.135. The predicted octanol–water partition coefficient (Wildman–Crippen LogP) is 1.24. The number of anilines is 1. The van der Waals surface area contributed by atoms with E-state index in [9.17, 15) is 14.4 Å². The molecule has 7 heteroatoms. The average Bonchev–Trinajstić information content (AvgIpc) is 2.64. The lowest BCUT2D eigenvalue weighted by Gasteiger charge is -2.32. The van der Waals surface area contributed by atoms with Gasteiger partial charge < -0.3 is 15.5 Å². The molecular formula is C20H30N4O3. The Bertz CT molecular complexity index is 660. The first-order valence-electron chi connectivity index (χ1n) is 9.49. The Balaban J connectivity index is 1.79. The Morgan fingerprint density at radius 3 is 2.59 bits per heavy atom. The van der Waals surface area contributed by atoms with Crippen molar-refractivity contribution in [2.45, 2.75) is 26.7 Å². The van der Waals surface area contributed by atoms with Crippen LogP contribution in [0.3, 0.4) is 0 Å². The van der Waals surface area contributed by atoms with E-state index in [1.807, 2.05) is 43.0 Å². The Hall–Kier alpha value is -2.41. The maximum atomic E-state index is 12.4. The van der Waals surface area contributed by atoms with Crippen molar-refractivity contribution in [2.75, 3.05) is 45.1 Å².